The molecule has 0 radical (unpaired) electrons. The van der Waals surface area contributed by atoms with Crippen molar-refractivity contribution in [2.24, 2.45) is 0 Å². The lowest BCUT2D eigenvalue weighted by molar-refractivity contribution is -0.156. The van der Waals surface area contributed by atoms with Crippen molar-refractivity contribution in [2.45, 2.75) is 5.60 Å². The molecule has 0 aliphatic rings. The first-order valence-corrected chi connectivity index (χ1v) is 6.29. The molecule has 0 fully saturated rings. The lowest BCUT2D eigenvalue weighted by atomic mass is 9.85. The Morgan fingerprint density at radius 3 is 1.77 bits per heavy atom. The van der Waals surface area contributed by atoms with Gasteiger partial charge in [-0.05, 0) is 0 Å². The topological polar surface area (TPSA) is 101 Å². The molecule has 6 heteroatoms. The molecule has 6 nitrogen and oxygen atoms in total. The van der Waals surface area contributed by atoms with Crippen LogP contribution in [0.25, 0.3) is 0 Å². The summed E-state index contributed by atoms with van der Waals surface area (Å²) in [5.74, 6) is -2.66. The highest BCUT2D eigenvalue weighted by molar-refractivity contribution is 6.16. The Kier molecular flexibility index (Phi) is 4.22. The average molecular weight is 300 g/mol. The van der Waals surface area contributed by atoms with Crippen LogP contribution in [0, 0.1) is 0 Å². The Balaban J connectivity index is 2.66. The zero-order chi connectivity index (χ0) is 16.2. The normalized spacial score (nSPS) is 12.9. The van der Waals surface area contributed by atoms with Gasteiger partial charge in [-0.3, -0.25) is 4.79 Å². The van der Waals surface area contributed by atoms with Crippen LogP contribution in [0.3, 0.4) is 0 Å². The van der Waals surface area contributed by atoms with Crippen molar-refractivity contribution < 1.29 is 29.3 Å². The Bertz CT molecular complexity index is 695. The molecule has 2 N–H and O–H groups in total. The van der Waals surface area contributed by atoms with Gasteiger partial charge in [-0.1, -0.05) is 60.7 Å². The van der Waals surface area contributed by atoms with E-state index in [1.165, 1.54) is 36.4 Å². The average Bonchev–Trinajstić information content (AvgIpc) is 2.53. The Morgan fingerprint density at radius 1 is 0.818 bits per heavy atom. The molecule has 112 valence electrons. The van der Waals surface area contributed by atoms with Crippen molar-refractivity contribution in [2.75, 3.05) is 0 Å². The van der Waals surface area contributed by atoms with Gasteiger partial charge < -0.3 is 14.9 Å². The van der Waals surface area contributed by atoms with Gasteiger partial charge in [0.25, 0.3) is 5.60 Å². The number of carbonyl (C=O) groups excluding carboxylic acids is 1. The first-order valence-electron chi connectivity index (χ1n) is 6.29. The molecule has 0 saturated heterocycles. The molecule has 0 heterocycles. The highest BCUT2D eigenvalue weighted by Gasteiger charge is 2.52. The number of hydrogen-bond donors (Lipinski definition) is 2. The molecule has 0 aromatic heterocycles. The third-order valence-corrected chi connectivity index (χ3v) is 3.08. The second-order valence-electron chi connectivity index (χ2n) is 4.42. The Morgan fingerprint density at radius 2 is 1.32 bits per heavy atom. The number of carbonyl (C=O) groups is 3. The number of rotatable bonds is 5. The van der Waals surface area contributed by atoms with Gasteiger partial charge >= 0.3 is 12.1 Å². The minimum Gasteiger partial charge on any atom is -0.478 e. The van der Waals surface area contributed by atoms with Crippen LogP contribution in [0.4, 0.5) is 4.79 Å². The molecule has 1 unspecified atom stereocenters. The van der Waals surface area contributed by atoms with E-state index in [2.05, 4.69) is 4.74 Å². The molecule has 2 aromatic rings. The van der Waals surface area contributed by atoms with Crippen LogP contribution in [0.2, 0.25) is 0 Å². The van der Waals surface area contributed by atoms with E-state index in [-0.39, 0.29) is 11.1 Å². The maximum absolute atomic E-state index is 12.7. The fourth-order valence-corrected chi connectivity index (χ4v) is 2.10. The van der Waals surface area contributed by atoms with E-state index in [0.29, 0.717) is 0 Å². The lowest BCUT2D eigenvalue weighted by Gasteiger charge is -2.26. The van der Waals surface area contributed by atoms with E-state index in [0.717, 1.165) is 0 Å². The number of ether oxygens (including phenoxy) is 1. The number of aliphatic carboxylic acids is 1. The second-order valence-corrected chi connectivity index (χ2v) is 4.42. The summed E-state index contributed by atoms with van der Waals surface area (Å²) in [6.07, 6.45) is -1.85. The van der Waals surface area contributed by atoms with Gasteiger partial charge in [0, 0.05) is 11.1 Å². The number of hydrogen-bond acceptors (Lipinski definition) is 4. The number of benzene rings is 2. The van der Waals surface area contributed by atoms with Gasteiger partial charge in [-0.15, -0.1) is 0 Å². The predicted molar refractivity (Wildman–Crippen MR) is 75.6 cm³/mol. The van der Waals surface area contributed by atoms with Crippen LogP contribution in [-0.4, -0.2) is 28.1 Å². The quantitative estimate of drug-likeness (QED) is 0.500. The minimum absolute atomic E-state index is 0.0370. The lowest BCUT2D eigenvalue weighted by Crippen LogP contribution is -2.47. The van der Waals surface area contributed by atoms with Crippen LogP contribution < -0.4 is 0 Å². The molecule has 0 aliphatic carbocycles. The summed E-state index contributed by atoms with van der Waals surface area (Å²) < 4.78 is 4.57. The summed E-state index contributed by atoms with van der Waals surface area (Å²) in [6, 6.07) is 14.8. The van der Waals surface area contributed by atoms with E-state index in [9.17, 15) is 19.5 Å². The van der Waals surface area contributed by atoms with E-state index in [1.807, 2.05) is 0 Å². The monoisotopic (exact) mass is 300 g/mol. The van der Waals surface area contributed by atoms with E-state index >= 15 is 0 Å². The molecule has 22 heavy (non-hydrogen) atoms. The second kappa shape index (κ2) is 6.09. The van der Waals surface area contributed by atoms with Crippen molar-refractivity contribution in [1.82, 2.24) is 0 Å². The third kappa shape index (κ3) is 2.67. The van der Waals surface area contributed by atoms with Crippen LogP contribution >= 0.6 is 0 Å². The van der Waals surface area contributed by atoms with Crippen molar-refractivity contribution in [3.8, 4) is 0 Å². The van der Waals surface area contributed by atoms with Gasteiger partial charge in [0.05, 0.1) is 0 Å². The van der Waals surface area contributed by atoms with E-state index < -0.39 is 23.5 Å². The minimum atomic E-state index is -2.64. The van der Waals surface area contributed by atoms with Crippen LogP contribution in [0.15, 0.2) is 60.7 Å². The van der Waals surface area contributed by atoms with Gasteiger partial charge in [0.15, 0.2) is 0 Å². The van der Waals surface area contributed by atoms with Gasteiger partial charge in [-0.25, -0.2) is 9.59 Å². The zero-order valence-electron chi connectivity index (χ0n) is 11.3. The van der Waals surface area contributed by atoms with Gasteiger partial charge in [0.1, 0.15) is 0 Å². The summed E-state index contributed by atoms with van der Waals surface area (Å²) in [5, 5.41) is 18.5. The SMILES string of the molecule is O=C(O)OC(C(=O)O)(C(=O)c1ccccc1)c1ccccc1. The third-order valence-electron chi connectivity index (χ3n) is 3.08. The fourth-order valence-electron chi connectivity index (χ4n) is 2.10. The molecule has 0 bridgehead atoms. The number of ketones is 1. The Labute approximate surface area is 125 Å². The van der Waals surface area contributed by atoms with Crippen molar-refractivity contribution in [3.63, 3.8) is 0 Å². The summed E-state index contributed by atoms with van der Waals surface area (Å²) >= 11 is 0. The Hall–Kier alpha value is -3.15. The van der Waals surface area contributed by atoms with E-state index in [4.69, 9.17) is 5.11 Å². The maximum atomic E-state index is 12.7. The van der Waals surface area contributed by atoms with Gasteiger partial charge in [0.2, 0.25) is 5.78 Å². The molecule has 2 aromatic carbocycles. The van der Waals surface area contributed by atoms with Crippen molar-refractivity contribution >= 4 is 17.9 Å². The first kappa shape index (κ1) is 15.2. The number of Topliss-reactive ketones (excluding diaryl/α,β-unsaturated/α-hetero) is 1. The first-order chi connectivity index (χ1) is 10.5. The largest absolute Gasteiger partial charge is 0.507 e. The molecular formula is C16H12O6. The van der Waals surface area contributed by atoms with Gasteiger partial charge in [-0.2, -0.15) is 0 Å². The fraction of sp³-hybridized carbons (Fsp3) is 0.0625. The highest BCUT2D eigenvalue weighted by atomic mass is 16.7. The smallest absolute Gasteiger partial charge is 0.478 e. The standard InChI is InChI=1S/C16H12O6/c17-13(11-7-3-1-4-8-11)16(14(18)19,22-15(20)21)12-9-5-2-6-10-12/h1-10H,(H,18,19)(H,20,21). The van der Waals surface area contributed by atoms with Crippen molar-refractivity contribution in [1.29, 1.82) is 0 Å². The van der Waals surface area contributed by atoms with Crippen LogP contribution in [0.1, 0.15) is 15.9 Å². The summed E-state index contributed by atoms with van der Waals surface area (Å²) in [6.45, 7) is 0. The number of carboxylic acids is 1. The van der Waals surface area contributed by atoms with Crippen LogP contribution in [0.5, 0.6) is 0 Å². The predicted octanol–water partition coefficient (Wildman–Crippen LogP) is 2.54. The summed E-state index contributed by atoms with van der Waals surface area (Å²) in [4.78, 5) is 35.4. The molecule has 1 atom stereocenters. The molecule has 0 amide bonds. The van der Waals surface area contributed by atoms with Crippen LogP contribution in [-0.2, 0) is 15.1 Å². The summed E-state index contributed by atoms with van der Waals surface area (Å²) in [7, 11) is 0. The molecule has 0 saturated carbocycles. The number of carboxylic acid groups (broad SMARTS) is 2. The molecule has 0 spiro atoms. The highest BCUT2D eigenvalue weighted by Crippen LogP contribution is 2.31. The molecule has 2 rings (SSSR count). The van der Waals surface area contributed by atoms with Crippen molar-refractivity contribution in [3.05, 3.63) is 71.8 Å². The zero-order valence-corrected chi connectivity index (χ0v) is 11.3. The molecular weight excluding hydrogens is 288 g/mol. The molecule has 0 aliphatic heterocycles. The summed E-state index contributed by atoms with van der Waals surface area (Å²) in [5.41, 5.74) is -2.68. The van der Waals surface area contributed by atoms with E-state index in [1.54, 1.807) is 24.3 Å². The maximum Gasteiger partial charge on any atom is 0.507 e.